The van der Waals surface area contributed by atoms with Gasteiger partial charge in [0.05, 0.1) is 24.8 Å². The third-order valence-electron chi connectivity index (χ3n) is 3.26. The van der Waals surface area contributed by atoms with Crippen LogP contribution in [0.1, 0.15) is 32.4 Å². The molecule has 1 aliphatic heterocycles. The number of allylic oxidation sites excluding steroid dienone is 1. The molecule has 2 N–H and O–H groups in total. The van der Waals surface area contributed by atoms with Crippen LogP contribution in [0, 0.1) is 0 Å². The Bertz CT molecular complexity index is 626. The van der Waals surface area contributed by atoms with Crippen LogP contribution in [-0.4, -0.2) is 24.3 Å². The number of thiocarbonyl (C=S) groups is 1. The second-order valence-electron chi connectivity index (χ2n) is 5.30. The lowest BCUT2D eigenvalue weighted by molar-refractivity contribution is -0.143. The van der Waals surface area contributed by atoms with Gasteiger partial charge < -0.3 is 20.1 Å². The Morgan fingerprint density at radius 2 is 2.09 bits per heavy atom. The van der Waals surface area contributed by atoms with Gasteiger partial charge in [-0.15, -0.1) is 0 Å². The molecule has 0 fully saturated rings. The Labute approximate surface area is 135 Å². The van der Waals surface area contributed by atoms with E-state index in [2.05, 4.69) is 10.6 Å². The minimum atomic E-state index is -0.366. The first-order chi connectivity index (χ1) is 10.4. The summed E-state index contributed by atoms with van der Waals surface area (Å²) in [5.74, 6) is 0.362. The van der Waals surface area contributed by atoms with Gasteiger partial charge in [0.1, 0.15) is 5.75 Å². The minimum Gasteiger partial charge on any atom is -0.497 e. The van der Waals surface area contributed by atoms with Crippen molar-refractivity contribution in [3.63, 3.8) is 0 Å². The quantitative estimate of drug-likeness (QED) is 0.656. The van der Waals surface area contributed by atoms with E-state index in [9.17, 15) is 4.79 Å². The number of methoxy groups -OCH3 is 1. The maximum Gasteiger partial charge on any atom is 0.338 e. The summed E-state index contributed by atoms with van der Waals surface area (Å²) in [6, 6.07) is 7.16. The van der Waals surface area contributed by atoms with Gasteiger partial charge in [0.25, 0.3) is 0 Å². The van der Waals surface area contributed by atoms with E-state index in [1.807, 2.05) is 45.0 Å². The summed E-state index contributed by atoms with van der Waals surface area (Å²) in [5.41, 5.74) is 2.11. The Kier molecular flexibility index (Phi) is 5.03. The zero-order chi connectivity index (χ0) is 16.3. The molecule has 0 unspecified atom stereocenters. The van der Waals surface area contributed by atoms with Crippen molar-refractivity contribution >= 4 is 23.3 Å². The van der Waals surface area contributed by atoms with E-state index in [4.69, 9.17) is 21.7 Å². The maximum absolute atomic E-state index is 12.4. The molecule has 0 aromatic heterocycles. The lowest BCUT2D eigenvalue weighted by atomic mass is 9.95. The highest BCUT2D eigenvalue weighted by Crippen LogP contribution is 2.29. The van der Waals surface area contributed by atoms with Crippen LogP contribution in [0.15, 0.2) is 35.5 Å². The number of nitrogens with one attached hydrogen (secondary N) is 2. The zero-order valence-electron chi connectivity index (χ0n) is 13.1. The lowest BCUT2D eigenvalue weighted by Crippen LogP contribution is -2.45. The van der Waals surface area contributed by atoms with E-state index < -0.39 is 0 Å². The van der Waals surface area contributed by atoms with E-state index in [1.54, 1.807) is 7.11 Å². The number of ether oxygens (including phenoxy) is 2. The van der Waals surface area contributed by atoms with Gasteiger partial charge in [-0.3, -0.25) is 0 Å². The van der Waals surface area contributed by atoms with E-state index in [-0.39, 0.29) is 18.1 Å². The largest absolute Gasteiger partial charge is 0.497 e. The number of hydrogen-bond donors (Lipinski definition) is 2. The van der Waals surface area contributed by atoms with Crippen LogP contribution < -0.4 is 15.4 Å². The van der Waals surface area contributed by atoms with Crippen molar-refractivity contribution in [1.82, 2.24) is 10.6 Å². The highest BCUT2D eigenvalue weighted by atomic mass is 32.1. The van der Waals surface area contributed by atoms with Gasteiger partial charge in [-0.25, -0.2) is 4.79 Å². The van der Waals surface area contributed by atoms with Gasteiger partial charge >= 0.3 is 5.97 Å². The molecule has 6 heteroatoms. The Morgan fingerprint density at radius 3 is 2.73 bits per heavy atom. The molecule has 118 valence electrons. The second-order valence-corrected chi connectivity index (χ2v) is 5.71. The van der Waals surface area contributed by atoms with Crippen molar-refractivity contribution in [3.05, 3.63) is 41.1 Å². The highest BCUT2D eigenvalue weighted by molar-refractivity contribution is 7.80. The highest BCUT2D eigenvalue weighted by Gasteiger charge is 2.31. The average Bonchev–Trinajstić information content (AvgIpc) is 2.45. The van der Waals surface area contributed by atoms with Gasteiger partial charge in [0, 0.05) is 5.70 Å². The van der Waals surface area contributed by atoms with E-state index >= 15 is 0 Å². The molecule has 1 aromatic rings. The normalized spacial score (nSPS) is 17.9. The number of esters is 1. The SMILES string of the molecule is COc1cccc([C@H]2NC(=S)NC(C)=C2C(=O)OC(C)C)c1. The van der Waals surface area contributed by atoms with Crippen LogP contribution in [-0.2, 0) is 9.53 Å². The van der Waals surface area contributed by atoms with E-state index in [0.717, 1.165) is 11.3 Å². The van der Waals surface area contributed by atoms with Crippen molar-refractivity contribution in [2.75, 3.05) is 7.11 Å². The molecule has 1 atom stereocenters. The van der Waals surface area contributed by atoms with Crippen LogP contribution in [0.4, 0.5) is 0 Å². The molecule has 2 rings (SSSR count). The zero-order valence-corrected chi connectivity index (χ0v) is 13.9. The van der Waals surface area contributed by atoms with Crippen molar-refractivity contribution < 1.29 is 14.3 Å². The van der Waals surface area contributed by atoms with Crippen molar-refractivity contribution in [1.29, 1.82) is 0 Å². The monoisotopic (exact) mass is 320 g/mol. The molecular formula is C16H20N2O3S. The van der Waals surface area contributed by atoms with Gasteiger partial charge in [-0.05, 0) is 50.7 Å². The molecule has 0 amide bonds. The fourth-order valence-electron chi connectivity index (χ4n) is 2.31. The smallest absolute Gasteiger partial charge is 0.338 e. The number of rotatable bonds is 4. The molecular weight excluding hydrogens is 300 g/mol. The number of hydrogen-bond acceptors (Lipinski definition) is 4. The van der Waals surface area contributed by atoms with Crippen molar-refractivity contribution in [2.45, 2.75) is 32.9 Å². The van der Waals surface area contributed by atoms with Crippen LogP contribution in [0.25, 0.3) is 0 Å². The summed E-state index contributed by atoms with van der Waals surface area (Å²) >= 11 is 5.21. The van der Waals surface area contributed by atoms with Crippen LogP contribution >= 0.6 is 12.2 Å². The van der Waals surface area contributed by atoms with Gasteiger partial charge in [-0.1, -0.05) is 12.1 Å². The first-order valence-electron chi connectivity index (χ1n) is 7.05. The van der Waals surface area contributed by atoms with Crippen LogP contribution in [0.5, 0.6) is 5.75 Å². The number of benzene rings is 1. The molecule has 0 bridgehead atoms. The van der Waals surface area contributed by atoms with Gasteiger partial charge in [-0.2, -0.15) is 0 Å². The first kappa shape index (κ1) is 16.3. The molecule has 1 aliphatic rings. The summed E-state index contributed by atoms with van der Waals surface area (Å²) in [4.78, 5) is 12.4. The van der Waals surface area contributed by atoms with Gasteiger partial charge in [0.2, 0.25) is 0 Å². The average molecular weight is 320 g/mol. The number of carbonyl (C=O) groups is 1. The summed E-state index contributed by atoms with van der Waals surface area (Å²) < 4.78 is 10.6. The predicted octanol–water partition coefficient (Wildman–Crippen LogP) is 2.44. The molecule has 0 spiro atoms. The fraction of sp³-hybridized carbons (Fsp3) is 0.375. The van der Waals surface area contributed by atoms with Crippen LogP contribution in [0.2, 0.25) is 0 Å². The third kappa shape index (κ3) is 3.57. The fourth-order valence-corrected chi connectivity index (χ4v) is 2.58. The molecule has 0 saturated heterocycles. The Morgan fingerprint density at radius 1 is 1.36 bits per heavy atom. The molecule has 1 heterocycles. The molecule has 1 aromatic carbocycles. The standard InChI is InChI=1S/C16H20N2O3S/c1-9(2)21-15(19)13-10(3)17-16(22)18-14(13)11-6-5-7-12(8-11)20-4/h5-9,14H,1-4H3,(H2,17,18,22)/t14-/m1/s1. The summed E-state index contributed by atoms with van der Waals surface area (Å²) in [6.45, 7) is 5.46. The second kappa shape index (κ2) is 6.79. The molecule has 0 radical (unpaired) electrons. The molecule has 0 saturated carbocycles. The van der Waals surface area contributed by atoms with Crippen molar-refractivity contribution in [3.8, 4) is 5.75 Å². The molecule has 0 aliphatic carbocycles. The molecule has 5 nitrogen and oxygen atoms in total. The van der Waals surface area contributed by atoms with E-state index in [1.165, 1.54) is 0 Å². The lowest BCUT2D eigenvalue weighted by Gasteiger charge is -2.30. The Hall–Kier alpha value is -2.08. The summed E-state index contributed by atoms with van der Waals surface area (Å²) in [6.07, 6.45) is -0.187. The topological polar surface area (TPSA) is 59.6 Å². The predicted molar refractivity (Wildman–Crippen MR) is 88.5 cm³/mol. The maximum atomic E-state index is 12.4. The third-order valence-corrected chi connectivity index (χ3v) is 3.48. The summed E-state index contributed by atoms with van der Waals surface area (Å²) in [7, 11) is 1.61. The number of carbonyl (C=O) groups excluding carboxylic acids is 1. The van der Waals surface area contributed by atoms with Crippen molar-refractivity contribution in [2.24, 2.45) is 0 Å². The molecule has 22 heavy (non-hydrogen) atoms. The van der Waals surface area contributed by atoms with Crippen LogP contribution in [0.3, 0.4) is 0 Å². The Balaban J connectivity index is 2.43. The first-order valence-corrected chi connectivity index (χ1v) is 7.46. The van der Waals surface area contributed by atoms with E-state index in [0.29, 0.717) is 16.4 Å². The van der Waals surface area contributed by atoms with Gasteiger partial charge in [0.15, 0.2) is 5.11 Å². The summed E-state index contributed by atoms with van der Waals surface area (Å²) in [5, 5.41) is 6.58. The minimum absolute atomic E-state index is 0.187.